The summed E-state index contributed by atoms with van der Waals surface area (Å²) >= 11 is 0. The maximum atomic E-state index is 13.0. The Balaban J connectivity index is 3.22. The van der Waals surface area contributed by atoms with Gasteiger partial charge in [0.25, 0.3) is 0 Å². The number of rotatable bonds is 11. The van der Waals surface area contributed by atoms with E-state index in [-0.39, 0.29) is 12.2 Å². The van der Waals surface area contributed by atoms with Crippen molar-refractivity contribution in [1.82, 2.24) is 4.31 Å². The van der Waals surface area contributed by atoms with Gasteiger partial charge >= 0.3 is 0 Å². The van der Waals surface area contributed by atoms with E-state index >= 15 is 0 Å². The summed E-state index contributed by atoms with van der Waals surface area (Å²) in [6.07, 6.45) is 1.45. The van der Waals surface area contributed by atoms with Gasteiger partial charge in [0, 0.05) is 12.5 Å². The lowest BCUT2D eigenvalue weighted by Crippen LogP contribution is -2.55. The van der Waals surface area contributed by atoms with Gasteiger partial charge in [-0.05, 0) is 38.0 Å². The van der Waals surface area contributed by atoms with Crippen molar-refractivity contribution in [3.63, 3.8) is 0 Å². The fourth-order valence-electron chi connectivity index (χ4n) is 2.74. The first-order valence-electron chi connectivity index (χ1n) is 8.60. The van der Waals surface area contributed by atoms with Gasteiger partial charge < -0.3 is 10.5 Å². The largest absolute Gasteiger partial charge is 0.497 e. The molecule has 0 aromatic heterocycles. The van der Waals surface area contributed by atoms with Crippen LogP contribution >= 0.6 is 0 Å². The number of sulfonamides is 1. The predicted octanol–water partition coefficient (Wildman–Crippen LogP) is 1.85. The molecule has 1 unspecified atom stereocenters. The molecule has 0 bridgehead atoms. The molecule has 26 heavy (non-hydrogen) atoms. The zero-order chi connectivity index (χ0) is 19.9. The van der Waals surface area contributed by atoms with Gasteiger partial charge in [0.15, 0.2) is 11.8 Å². The van der Waals surface area contributed by atoms with Gasteiger partial charge in [-0.3, -0.25) is 9.59 Å². The molecule has 1 atom stereocenters. The number of ketones is 1. The summed E-state index contributed by atoms with van der Waals surface area (Å²) < 4.78 is 32.0. The minimum atomic E-state index is -3.96. The van der Waals surface area contributed by atoms with Crippen molar-refractivity contribution in [3.05, 3.63) is 29.8 Å². The molecule has 7 nitrogen and oxygen atoms in total. The van der Waals surface area contributed by atoms with Crippen LogP contribution in [0.3, 0.4) is 0 Å². The van der Waals surface area contributed by atoms with Crippen LogP contribution in [-0.4, -0.2) is 43.6 Å². The zero-order valence-electron chi connectivity index (χ0n) is 15.8. The lowest BCUT2D eigenvalue weighted by atomic mass is 10.1. The Kier molecular flexibility index (Phi) is 8.23. The molecule has 0 aliphatic heterocycles. The molecule has 1 aromatic rings. The molecule has 0 saturated heterocycles. The molecular weight excluding hydrogens is 356 g/mol. The van der Waals surface area contributed by atoms with Crippen molar-refractivity contribution in [3.8, 4) is 5.75 Å². The average molecular weight is 384 g/mol. The first-order chi connectivity index (χ1) is 12.1. The predicted molar refractivity (Wildman–Crippen MR) is 100 cm³/mol. The Morgan fingerprint density at radius 1 is 1.27 bits per heavy atom. The number of unbranched alkanes of at least 4 members (excludes halogenated alkanes) is 1. The van der Waals surface area contributed by atoms with Gasteiger partial charge in [-0.1, -0.05) is 25.5 Å². The van der Waals surface area contributed by atoms with Crippen LogP contribution in [0.15, 0.2) is 24.3 Å². The molecule has 0 radical (unpaired) electrons. The molecule has 8 heteroatoms. The minimum absolute atomic E-state index is 0.113. The van der Waals surface area contributed by atoms with E-state index in [2.05, 4.69) is 0 Å². The Morgan fingerprint density at radius 2 is 1.92 bits per heavy atom. The summed E-state index contributed by atoms with van der Waals surface area (Å²) in [5, 5.41) is 0. The van der Waals surface area contributed by atoms with Crippen LogP contribution in [0, 0.1) is 0 Å². The molecule has 0 spiro atoms. The summed E-state index contributed by atoms with van der Waals surface area (Å²) in [6.45, 7) is 5.14. The zero-order valence-corrected chi connectivity index (χ0v) is 16.6. The lowest BCUT2D eigenvalue weighted by Gasteiger charge is -2.31. The molecule has 1 rings (SSSR count). The quantitative estimate of drug-likeness (QED) is 0.586. The van der Waals surface area contributed by atoms with Gasteiger partial charge in [0.05, 0.1) is 12.9 Å². The first kappa shape index (κ1) is 22.1. The Hall–Kier alpha value is -1.93. The van der Waals surface area contributed by atoms with E-state index in [4.69, 9.17) is 10.5 Å². The molecule has 1 amide bonds. The monoisotopic (exact) mass is 384 g/mol. The summed E-state index contributed by atoms with van der Waals surface area (Å²) in [7, 11) is -2.47. The van der Waals surface area contributed by atoms with E-state index in [0.29, 0.717) is 17.7 Å². The maximum Gasteiger partial charge on any atom is 0.243 e. The average Bonchev–Trinajstić information content (AvgIpc) is 2.56. The number of nitrogens with two attached hydrogens (primary N) is 1. The molecular formula is C18H28N2O5S. The normalized spacial score (nSPS) is 13.0. The van der Waals surface area contributed by atoms with E-state index < -0.39 is 33.8 Å². The number of primary amides is 1. The molecule has 2 N–H and O–H groups in total. The standard InChI is InChI=1S/C18H28N2O5S/c1-5-6-10-16(21)17(18(19)22)20(13(2)3)26(23,24)12-14-8-7-9-15(11-14)25-4/h7-9,11,13,17H,5-6,10,12H2,1-4H3,(H2,19,22). The van der Waals surface area contributed by atoms with E-state index in [1.54, 1.807) is 38.1 Å². The summed E-state index contributed by atoms with van der Waals surface area (Å²) in [5.74, 6) is -1.25. The SMILES string of the molecule is CCCCC(=O)C(C(N)=O)N(C(C)C)S(=O)(=O)Cc1cccc(OC)c1. The molecule has 1 aromatic carbocycles. The number of carbonyl (C=O) groups is 2. The van der Waals surface area contributed by atoms with E-state index in [1.165, 1.54) is 7.11 Å². The number of nitrogens with zero attached hydrogens (tertiary/aromatic N) is 1. The number of hydrogen-bond donors (Lipinski definition) is 1. The second-order valence-electron chi connectivity index (χ2n) is 6.41. The van der Waals surface area contributed by atoms with Crippen molar-refractivity contribution in [2.24, 2.45) is 5.73 Å². The van der Waals surface area contributed by atoms with Crippen molar-refractivity contribution in [1.29, 1.82) is 0 Å². The second-order valence-corrected chi connectivity index (χ2v) is 8.28. The molecule has 0 saturated carbocycles. The van der Waals surface area contributed by atoms with Crippen molar-refractivity contribution in [2.45, 2.75) is 57.9 Å². The third-order valence-corrected chi connectivity index (χ3v) is 5.89. The van der Waals surface area contributed by atoms with Crippen molar-refractivity contribution < 1.29 is 22.7 Å². The number of carbonyl (C=O) groups excluding carboxylic acids is 2. The Labute approximate surface area is 155 Å². The Bertz CT molecular complexity index is 731. The topological polar surface area (TPSA) is 107 Å². The molecule has 0 aliphatic rings. The van der Waals surface area contributed by atoms with Gasteiger partial charge in [0.2, 0.25) is 15.9 Å². The molecule has 0 fully saturated rings. The summed E-state index contributed by atoms with van der Waals surface area (Å²) in [5.41, 5.74) is 5.90. The third kappa shape index (κ3) is 5.81. The molecule has 0 heterocycles. The van der Waals surface area contributed by atoms with Crippen LogP contribution in [0.1, 0.15) is 45.6 Å². The number of Topliss-reactive ketones (excluding diaryl/α,β-unsaturated/α-hetero) is 1. The van der Waals surface area contributed by atoms with E-state index in [0.717, 1.165) is 10.7 Å². The van der Waals surface area contributed by atoms with Crippen LogP contribution in [0.25, 0.3) is 0 Å². The van der Waals surface area contributed by atoms with Crippen molar-refractivity contribution in [2.75, 3.05) is 7.11 Å². The summed E-state index contributed by atoms with van der Waals surface area (Å²) in [6, 6.07) is 4.56. The van der Waals surface area contributed by atoms with Crippen molar-refractivity contribution >= 4 is 21.7 Å². The number of amides is 1. The van der Waals surface area contributed by atoms with Gasteiger partial charge in [-0.2, -0.15) is 4.31 Å². The van der Waals surface area contributed by atoms with E-state index in [9.17, 15) is 18.0 Å². The van der Waals surface area contributed by atoms with Crippen LogP contribution in [0.4, 0.5) is 0 Å². The smallest absolute Gasteiger partial charge is 0.243 e. The van der Waals surface area contributed by atoms with Crippen LogP contribution in [0.2, 0.25) is 0 Å². The minimum Gasteiger partial charge on any atom is -0.497 e. The fraction of sp³-hybridized carbons (Fsp3) is 0.556. The number of benzene rings is 1. The summed E-state index contributed by atoms with van der Waals surface area (Å²) in [4.78, 5) is 24.4. The second kappa shape index (κ2) is 9.68. The number of ether oxygens (including phenoxy) is 1. The van der Waals surface area contributed by atoms with Gasteiger partial charge in [-0.25, -0.2) is 8.42 Å². The van der Waals surface area contributed by atoms with Crippen LogP contribution in [0.5, 0.6) is 5.75 Å². The van der Waals surface area contributed by atoms with Crippen LogP contribution < -0.4 is 10.5 Å². The highest BCUT2D eigenvalue weighted by molar-refractivity contribution is 7.88. The fourth-order valence-corrected chi connectivity index (χ4v) is 4.68. The Morgan fingerprint density at radius 3 is 2.42 bits per heavy atom. The van der Waals surface area contributed by atoms with E-state index in [1.807, 2.05) is 6.92 Å². The molecule has 0 aliphatic carbocycles. The third-order valence-electron chi connectivity index (χ3n) is 3.92. The first-order valence-corrected chi connectivity index (χ1v) is 10.2. The molecule has 146 valence electrons. The van der Waals surface area contributed by atoms with Gasteiger partial charge in [-0.15, -0.1) is 0 Å². The highest BCUT2D eigenvalue weighted by Gasteiger charge is 2.39. The maximum absolute atomic E-state index is 13.0. The van der Waals surface area contributed by atoms with Gasteiger partial charge in [0.1, 0.15) is 5.75 Å². The number of hydrogen-bond acceptors (Lipinski definition) is 5. The number of methoxy groups -OCH3 is 1. The lowest BCUT2D eigenvalue weighted by molar-refractivity contribution is -0.132. The highest BCUT2D eigenvalue weighted by Crippen LogP contribution is 2.21. The van der Waals surface area contributed by atoms with Crippen LogP contribution in [-0.2, 0) is 25.4 Å². The highest BCUT2D eigenvalue weighted by atomic mass is 32.2.